The minimum Gasteiger partial charge on any atom is -0.368 e. The summed E-state index contributed by atoms with van der Waals surface area (Å²) in [6.07, 6.45) is 3.59. The predicted molar refractivity (Wildman–Crippen MR) is 96.6 cm³/mol. The van der Waals surface area contributed by atoms with Gasteiger partial charge >= 0.3 is 0 Å². The number of aryl methyl sites for hydroxylation is 1. The van der Waals surface area contributed by atoms with E-state index in [4.69, 9.17) is 5.73 Å². The third-order valence-corrected chi connectivity index (χ3v) is 4.76. The average Bonchev–Trinajstić information content (AvgIpc) is 3.03. The summed E-state index contributed by atoms with van der Waals surface area (Å²) < 4.78 is 0. The lowest BCUT2D eigenvalue weighted by Crippen LogP contribution is -2.46. The number of anilines is 2. The number of H-pyrrole nitrogens is 1. The SMILES string of the molecule is Cc1cc(N2CCCC(C)(c3[nH]ncc3C(=O)N(C)C)C2)nc(N)n1. The molecule has 0 spiro atoms. The summed E-state index contributed by atoms with van der Waals surface area (Å²) in [4.78, 5) is 24.8. The topological polar surface area (TPSA) is 104 Å². The summed E-state index contributed by atoms with van der Waals surface area (Å²) in [5.74, 6) is 1.08. The van der Waals surface area contributed by atoms with Crippen molar-refractivity contribution in [1.29, 1.82) is 0 Å². The largest absolute Gasteiger partial charge is 0.368 e. The predicted octanol–water partition coefficient (Wildman–Crippen LogP) is 1.35. The van der Waals surface area contributed by atoms with E-state index in [-0.39, 0.29) is 17.3 Å². The maximum Gasteiger partial charge on any atom is 0.256 e. The fourth-order valence-corrected chi connectivity index (χ4v) is 3.52. The Labute approximate surface area is 147 Å². The van der Waals surface area contributed by atoms with Gasteiger partial charge in [-0.3, -0.25) is 9.89 Å². The lowest BCUT2D eigenvalue weighted by molar-refractivity contribution is 0.0824. The van der Waals surface area contributed by atoms with Crippen LogP contribution in [0.3, 0.4) is 0 Å². The Balaban J connectivity index is 1.92. The molecule has 0 aromatic carbocycles. The van der Waals surface area contributed by atoms with Crippen molar-refractivity contribution in [1.82, 2.24) is 25.1 Å². The van der Waals surface area contributed by atoms with Crippen molar-refractivity contribution in [2.45, 2.75) is 32.1 Å². The Kier molecular flexibility index (Phi) is 4.36. The van der Waals surface area contributed by atoms with E-state index >= 15 is 0 Å². The van der Waals surface area contributed by atoms with Crippen LogP contribution in [-0.4, -0.2) is 58.2 Å². The first-order valence-electron chi connectivity index (χ1n) is 8.42. The van der Waals surface area contributed by atoms with Gasteiger partial charge in [0.25, 0.3) is 5.91 Å². The van der Waals surface area contributed by atoms with Crippen LogP contribution in [0.15, 0.2) is 12.3 Å². The van der Waals surface area contributed by atoms with Gasteiger partial charge in [0, 0.05) is 44.4 Å². The number of hydrogen-bond acceptors (Lipinski definition) is 6. The van der Waals surface area contributed by atoms with Crippen LogP contribution < -0.4 is 10.6 Å². The molecule has 0 saturated carbocycles. The number of amides is 1. The summed E-state index contributed by atoms with van der Waals surface area (Å²) in [6.45, 7) is 5.71. The molecular weight excluding hydrogens is 318 g/mol. The van der Waals surface area contributed by atoms with Crippen molar-refractivity contribution in [2.75, 3.05) is 37.8 Å². The Bertz CT molecular complexity index is 765. The van der Waals surface area contributed by atoms with Gasteiger partial charge in [-0.2, -0.15) is 10.1 Å². The molecule has 1 aliphatic rings. The molecule has 1 amide bonds. The smallest absolute Gasteiger partial charge is 0.256 e. The molecular formula is C17H25N7O. The summed E-state index contributed by atoms with van der Waals surface area (Å²) in [5, 5.41) is 7.20. The molecule has 1 aliphatic heterocycles. The summed E-state index contributed by atoms with van der Waals surface area (Å²) in [7, 11) is 3.50. The van der Waals surface area contributed by atoms with Crippen LogP contribution in [0.4, 0.5) is 11.8 Å². The highest BCUT2D eigenvalue weighted by Gasteiger charge is 2.38. The Hall–Kier alpha value is -2.64. The number of piperidine rings is 1. The van der Waals surface area contributed by atoms with Crippen molar-refractivity contribution >= 4 is 17.7 Å². The van der Waals surface area contributed by atoms with Gasteiger partial charge < -0.3 is 15.5 Å². The molecule has 1 atom stereocenters. The number of aromatic amines is 1. The molecule has 0 aliphatic carbocycles. The van der Waals surface area contributed by atoms with Gasteiger partial charge in [-0.1, -0.05) is 6.92 Å². The monoisotopic (exact) mass is 343 g/mol. The van der Waals surface area contributed by atoms with E-state index in [0.717, 1.165) is 43.1 Å². The first-order valence-corrected chi connectivity index (χ1v) is 8.42. The van der Waals surface area contributed by atoms with Gasteiger partial charge in [0.15, 0.2) is 0 Å². The van der Waals surface area contributed by atoms with E-state index in [9.17, 15) is 4.79 Å². The fraction of sp³-hybridized carbons (Fsp3) is 0.529. The first-order chi connectivity index (χ1) is 11.8. The Morgan fingerprint density at radius 2 is 2.16 bits per heavy atom. The van der Waals surface area contributed by atoms with Gasteiger partial charge in [0.2, 0.25) is 5.95 Å². The van der Waals surface area contributed by atoms with Crippen molar-refractivity contribution in [3.63, 3.8) is 0 Å². The molecule has 25 heavy (non-hydrogen) atoms. The van der Waals surface area contributed by atoms with Crippen LogP contribution >= 0.6 is 0 Å². The van der Waals surface area contributed by atoms with Gasteiger partial charge in [-0.05, 0) is 19.8 Å². The summed E-state index contributed by atoms with van der Waals surface area (Å²) >= 11 is 0. The molecule has 8 nitrogen and oxygen atoms in total. The highest BCUT2D eigenvalue weighted by molar-refractivity contribution is 5.95. The first kappa shape index (κ1) is 17.2. The van der Waals surface area contributed by atoms with Crippen molar-refractivity contribution < 1.29 is 4.79 Å². The van der Waals surface area contributed by atoms with E-state index in [0.29, 0.717) is 5.56 Å². The zero-order chi connectivity index (χ0) is 18.2. The van der Waals surface area contributed by atoms with E-state index in [2.05, 4.69) is 32.0 Å². The van der Waals surface area contributed by atoms with Crippen LogP contribution in [0.25, 0.3) is 0 Å². The normalized spacial score (nSPS) is 20.6. The van der Waals surface area contributed by atoms with E-state index in [1.54, 1.807) is 25.2 Å². The van der Waals surface area contributed by atoms with Gasteiger partial charge in [0.1, 0.15) is 5.82 Å². The molecule has 0 radical (unpaired) electrons. The minimum absolute atomic E-state index is 0.0378. The van der Waals surface area contributed by atoms with Crippen LogP contribution in [0.1, 0.15) is 41.5 Å². The van der Waals surface area contributed by atoms with Crippen molar-refractivity contribution in [3.8, 4) is 0 Å². The number of rotatable bonds is 3. The number of nitrogens with two attached hydrogens (primary N) is 1. The van der Waals surface area contributed by atoms with Crippen LogP contribution in [0.5, 0.6) is 0 Å². The van der Waals surface area contributed by atoms with Crippen LogP contribution in [0.2, 0.25) is 0 Å². The standard InChI is InChI=1S/C17H25N7O/c1-11-8-13(21-16(18)20-11)24-7-5-6-17(2,10-24)14-12(9-19-22-14)15(25)23(3)4/h8-9H,5-7,10H2,1-4H3,(H,19,22)(H2,18,20,21). The lowest BCUT2D eigenvalue weighted by Gasteiger charge is -2.41. The van der Waals surface area contributed by atoms with Crippen molar-refractivity contribution in [2.24, 2.45) is 0 Å². The molecule has 134 valence electrons. The molecule has 1 unspecified atom stereocenters. The van der Waals surface area contributed by atoms with Gasteiger partial charge in [-0.15, -0.1) is 0 Å². The van der Waals surface area contributed by atoms with E-state index in [1.807, 2.05) is 13.0 Å². The quantitative estimate of drug-likeness (QED) is 0.872. The number of aromatic nitrogens is 4. The molecule has 0 bridgehead atoms. The molecule has 2 aromatic rings. The zero-order valence-electron chi connectivity index (χ0n) is 15.2. The third kappa shape index (κ3) is 3.29. The number of nitrogens with one attached hydrogen (secondary N) is 1. The summed E-state index contributed by atoms with van der Waals surface area (Å²) in [5.41, 5.74) is 7.95. The number of carbonyl (C=O) groups is 1. The van der Waals surface area contributed by atoms with Crippen molar-refractivity contribution in [3.05, 3.63) is 29.2 Å². The molecule has 3 rings (SSSR count). The number of carbonyl (C=O) groups excluding carboxylic acids is 1. The fourth-order valence-electron chi connectivity index (χ4n) is 3.52. The molecule has 8 heteroatoms. The minimum atomic E-state index is -0.219. The lowest BCUT2D eigenvalue weighted by atomic mass is 9.77. The molecule has 2 aromatic heterocycles. The maximum absolute atomic E-state index is 12.5. The molecule has 1 saturated heterocycles. The Morgan fingerprint density at radius 1 is 1.40 bits per heavy atom. The molecule has 3 N–H and O–H groups in total. The highest BCUT2D eigenvalue weighted by Crippen LogP contribution is 2.36. The third-order valence-electron chi connectivity index (χ3n) is 4.76. The average molecular weight is 343 g/mol. The Morgan fingerprint density at radius 3 is 2.84 bits per heavy atom. The maximum atomic E-state index is 12.5. The van der Waals surface area contributed by atoms with Crippen LogP contribution in [-0.2, 0) is 5.41 Å². The number of nitrogens with zero attached hydrogens (tertiary/aromatic N) is 5. The van der Waals surface area contributed by atoms with E-state index in [1.165, 1.54) is 0 Å². The second-order valence-corrected chi connectivity index (χ2v) is 7.17. The second kappa shape index (κ2) is 6.34. The van der Waals surface area contributed by atoms with Gasteiger partial charge in [-0.25, -0.2) is 4.98 Å². The summed E-state index contributed by atoms with van der Waals surface area (Å²) in [6, 6.07) is 1.95. The van der Waals surface area contributed by atoms with Crippen LogP contribution in [0, 0.1) is 6.92 Å². The molecule has 3 heterocycles. The highest BCUT2D eigenvalue weighted by atomic mass is 16.2. The number of nitrogen functional groups attached to an aromatic ring is 1. The number of hydrogen-bond donors (Lipinski definition) is 2. The van der Waals surface area contributed by atoms with E-state index < -0.39 is 0 Å². The second-order valence-electron chi connectivity index (χ2n) is 7.17. The van der Waals surface area contributed by atoms with Gasteiger partial charge in [0.05, 0.1) is 17.5 Å². The zero-order valence-corrected chi connectivity index (χ0v) is 15.2. The molecule has 1 fully saturated rings.